The quantitative estimate of drug-likeness (QED) is 0.322. The van der Waals surface area contributed by atoms with Gasteiger partial charge in [0.15, 0.2) is 5.96 Å². The number of nitrogens with zero attached hydrogens (tertiary/aromatic N) is 2. The van der Waals surface area contributed by atoms with Crippen LogP contribution in [0.3, 0.4) is 0 Å². The lowest BCUT2D eigenvalue weighted by atomic mass is 10.2. The van der Waals surface area contributed by atoms with Crippen LogP contribution >= 0.6 is 24.0 Å². The van der Waals surface area contributed by atoms with Gasteiger partial charge in [0, 0.05) is 38.3 Å². The fourth-order valence-corrected chi connectivity index (χ4v) is 3.19. The molecular weight excluding hydrogens is 474 g/mol. The molecule has 0 saturated carbocycles. The molecule has 1 aromatic carbocycles. The molecule has 8 heteroatoms. The molecule has 28 heavy (non-hydrogen) atoms. The van der Waals surface area contributed by atoms with E-state index in [0.717, 1.165) is 38.7 Å². The van der Waals surface area contributed by atoms with Gasteiger partial charge in [0.25, 0.3) is 0 Å². The molecule has 1 aliphatic heterocycles. The fraction of sp³-hybridized carbons (Fsp3) is 0.650. The minimum Gasteiger partial charge on any atom is -0.489 e. The van der Waals surface area contributed by atoms with Crippen molar-refractivity contribution >= 4 is 29.9 Å². The highest BCUT2D eigenvalue weighted by Gasteiger charge is 2.23. The molecule has 0 amide bonds. The van der Waals surface area contributed by atoms with E-state index >= 15 is 0 Å². The standard InChI is InChI=1S/C20H33FN4O2.HI/c1-5-18(27-19-8-6-7-17(21)11-19)13-24-20(22-4)23-12-15(2)25-9-10-26-14-16(25)3;/h6-8,11,15-16,18H,5,9-10,12-14H2,1-4H3,(H2,22,23,24);1H. The van der Waals surface area contributed by atoms with Crippen LogP contribution < -0.4 is 15.4 Å². The predicted molar refractivity (Wildman–Crippen MR) is 122 cm³/mol. The highest BCUT2D eigenvalue weighted by molar-refractivity contribution is 14.0. The molecule has 1 saturated heterocycles. The molecule has 6 nitrogen and oxygen atoms in total. The van der Waals surface area contributed by atoms with Crippen molar-refractivity contribution in [1.82, 2.24) is 15.5 Å². The third kappa shape index (κ3) is 8.08. The molecule has 0 aliphatic carbocycles. The van der Waals surface area contributed by atoms with Crippen LogP contribution in [0, 0.1) is 5.82 Å². The summed E-state index contributed by atoms with van der Waals surface area (Å²) in [6, 6.07) is 7.04. The maximum atomic E-state index is 13.3. The third-order valence-corrected chi connectivity index (χ3v) is 4.83. The number of ether oxygens (including phenoxy) is 2. The van der Waals surface area contributed by atoms with E-state index in [-0.39, 0.29) is 35.9 Å². The normalized spacial score (nSPS) is 20.0. The number of halogens is 2. The summed E-state index contributed by atoms with van der Waals surface area (Å²) >= 11 is 0. The summed E-state index contributed by atoms with van der Waals surface area (Å²) in [5.41, 5.74) is 0. The SMILES string of the molecule is CCC(CNC(=NC)NCC(C)N1CCOCC1C)Oc1cccc(F)c1.I. The first-order chi connectivity index (χ1) is 13.0. The Balaban J connectivity index is 0.00000392. The highest BCUT2D eigenvalue weighted by atomic mass is 127. The minimum atomic E-state index is -0.292. The van der Waals surface area contributed by atoms with E-state index in [1.165, 1.54) is 12.1 Å². The van der Waals surface area contributed by atoms with E-state index in [2.05, 4.69) is 34.4 Å². The molecule has 1 fully saturated rings. The van der Waals surface area contributed by atoms with Gasteiger partial charge < -0.3 is 20.1 Å². The van der Waals surface area contributed by atoms with Crippen LogP contribution in [0.4, 0.5) is 4.39 Å². The first-order valence-corrected chi connectivity index (χ1v) is 9.73. The Labute approximate surface area is 185 Å². The molecule has 1 heterocycles. The van der Waals surface area contributed by atoms with Gasteiger partial charge in [-0.05, 0) is 32.4 Å². The number of aliphatic imine (C=N–C) groups is 1. The average Bonchev–Trinajstić information content (AvgIpc) is 2.67. The lowest BCUT2D eigenvalue weighted by Crippen LogP contribution is -2.53. The highest BCUT2D eigenvalue weighted by Crippen LogP contribution is 2.14. The van der Waals surface area contributed by atoms with Crippen LogP contribution in [0.25, 0.3) is 0 Å². The second-order valence-corrected chi connectivity index (χ2v) is 6.95. The fourth-order valence-electron chi connectivity index (χ4n) is 3.19. The Morgan fingerprint density at radius 3 is 2.79 bits per heavy atom. The van der Waals surface area contributed by atoms with Crippen LogP contribution in [0.1, 0.15) is 27.2 Å². The van der Waals surface area contributed by atoms with Crippen LogP contribution in [0.5, 0.6) is 5.75 Å². The number of morpholine rings is 1. The van der Waals surface area contributed by atoms with Crippen molar-refractivity contribution in [3.05, 3.63) is 30.1 Å². The Hall–Kier alpha value is -1.13. The Kier molecular flexibility index (Phi) is 11.7. The molecular formula is C20H34FIN4O2. The average molecular weight is 508 g/mol. The predicted octanol–water partition coefficient (Wildman–Crippen LogP) is 2.88. The molecule has 3 unspecified atom stereocenters. The summed E-state index contributed by atoms with van der Waals surface area (Å²) in [5, 5.41) is 6.68. The molecule has 0 bridgehead atoms. The number of hydrogen-bond donors (Lipinski definition) is 2. The van der Waals surface area contributed by atoms with Gasteiger partial charge in [0.2, 0.25) is 0 Å². The first kappa shape index (κ1) is 24.9. The molecule has 160 valence electrons. The van der Waals surface area contributed by atoms with Crippen LogP contribution in [-0.2, 0) is 4.74 Å². The van der Waals surface area contributed by atoms with Crippen molar-refractivity contribution in [1.29, 1.82) is 0 Å². The number of benzene rings is 1. The van der Waals surface area contributed by atoms with Gasteiger partial charge >= 0.3 is 0 Å². The van der Waals surface area contributed by atoms with Gasteiger partial charge in [-0.2, -0.15) is 0 Å². The van der Waals surface area contributed by atoms with Crippen LogP contribution in [0.2, 0.25) is 0 Å². The largest absolute Gasteiger partial charge is 0.489 e. The van der Waals surface area contributed by atoms with Crippen molar-refractivity contribution in [2.45, 2.75) is 45.4 Å². The Bertz CT molecular complexity index is 605. The van der Waals surface area contributed by atoms with Crippen molar-refractivity contribution in [3.63, 3.8) is 0 Å². The van der Waals surface area contributed by atoms with Crippen LogP contribution in [-0.4, -0.2) is 68.9 Å². The van der Waals surface area contributed by atoms with Crippen LogP contribution in [0.15, 0.2) is 29.3 Å². The monoisotopic (exact) mass is 508 g/mol. The Morgan fingerprint density at radius 2 is 2.14 bits per heavy atom. The maximum Gasteiger partial charge on any atom is 0.191 e. The summed E-state index contributed by atoms with van der Waals surface area (Å²) in [4.78, 5) is 6.74. The van der Waals surface area contributed by atoms with Gasteiger partial charge in [-0.25, -0.2) is 4.39 Å². The summed E-state index contributed by atoms with van der Waals surface area (Å²) < 4.78 is 24.7. The van der Waals surface area contributed by atoms with Crippen molar-refractivity contribution < 1.29 is 13.9 Å². The molecule has 3 atom stereocenters. The number of nitrogens with one attached hydrogen (secondary N) is 2. The smallest absolute Gasteiger partial charge is 0.191 e. The van der Waals surface area contributed by atoms with E-state index in [4.69, 9.17) is 9.47 Å². The molecule has 0 radical (unpaired) electrons. The van der Waals surface area contributed by atoms with E-state index in [1.807, 2.05) is 6.92 Å². The number of rotatable bonds is 8. The maximum absolute atomic E-state index is 13.3. The topological polar surface area (TPSA) is 58.1 Å². The molecule has 1 aliphatic rings. The molecule has 0 aromatic heterocycles. The van der Waals surface area contributed by atoms with Gasteiger partial charge in [-0.3, -0.25) is 9.89 Å². The lowest BCUT2D eigenvalue weighted by molar-refractivity contribution is -0.0174. The zero-order valence-electron chi connectivity index (χ0n) is 17.3. The van der Waals surface area contributed by atoms with Gasteiger partial charge in [0.05, 0.1) is 19.8 Å². The second-order valence-electron chi connectivity index (χ2n) is 6.95. The van der Waals surface area contributed by atoms with E-state index < -0.39 is 0 Å². The first-order valence-electron chi connectivity index (χ1n) is 9.73. The molecule has 2 N–H and O–H groups in total. The lowest BCUT2D eigenvalue weighted by Gasteiger charge is -2.38. The summed E-state index contributed by atoms with van der Waals surface area (Å²) in [6.45, 7) is 10.4. The van der Waals surface area contributed by atoms with E-state index in [0.29, 0.717) is 24.4 Å². The van der Waals surface area contributed by atoms with E-state index in [1.54, 1.807) is 19.2 Å². The molecule has 1 aromatic rings. The summed E-state index contributed by atoms with van der Waals surface area (Å²) in [7, 11) is 1.76. The number of guanidine groups is 1. The zero-order chi connectivity index (χ0) is 19.6. The summed E-state index contributed by atoms with van der Waals surface area (Å²) in [5.74, 6) is 0.990. The van der Waals surface area contributed by atoms with E-state index in [9.17, 15) is 4.39 Å². The van der Waals surface area contributed by atoms with Gasteiger partial charge in [-0.15, -0.1) is 24.0 Å². The van der Waals surface area contributed by atoms with Gasteiger partial charge in [0.1, 0.15) is 17.7 Å². The molecule has 2 rings (SSSR count). The minimum absolute atomic E-state index is 0. The van der Waals surface area contributed by atoms with Crippen molar-refractivity contribution in [2.75, 3.05) is 39.9 Å². The Morgan fingerprint density at radius 1 is 1.39 bits per heavy atom. The summed E-state index contributed by atoms with van der Waals surface area (Å²) in [6.07, 6.45) is 0.740. The zero-order valence-corrected chi connectivity index (χ0v) is 19.6. The van der Waals surface area contributed by atoms with Crippen molar-refractivity contribution in [2.24, 2.45) is 4.99 Å². The number of hydrogen-bond acceptors (Lipinski definition) is 4. The van der Waals surface area contributed by atoms with Gasteiger partial charge in [-0.1, -0.05) is 13.0 Å². The second kappa shape index (κ2) is 13.2. The van der Waals surface area contributed by atoms with Crippen molar-refractivity contribution in [3.8, 4) is 5.75 Å². The molecule has 0 spiro atoms. The third-order valence-electron chi connectivity index (χ3n) is 4.83.